The number of alkyl halides is 3. The van der Waals surface area contributed by atoms with Crippen molar-refractivity contribution in [3.63, 3.8) is 0 Å². The van der Waals surface area contributed by atoms with Crippen LogP contribution in [-0.2, 0) is 10.9 Å². The summed E-state index contributed by atoms with van der Waals surface area (Å²) in [7, 11) is 1.55. The Morgan fingerprint density at radius 1 is 1.23 bits per heavy atom. The molecular weight excluding hydrogens is 299 g/mol. The molecule has 0 atom stereocenters. The van der Waals surface area contributed by atoms with Crippen molar-refractivity contribution in [3.8, 4) is 0 Å². The third-order valence-corrected chi connectivity index (χ3v) is 2.64. The SMILES string of the molecule is COCCNc1nncc(Nc2ccccc2C(F)(F)F)n1. The van der Waals surface area contributed by atoms with E-state index >= 15 is 0 Å². The molecule has 1 aromatic heterocycles. The monoisotopic (exact) mass is 313 g/mol. The first-order chi connectivity index (χ1) is 10.5. The molecule has 2 rings (SSSR count). The van der Waals surface area contributed by atoms with Gasteiger partial charge in [-0.25, -0.2) is 0 Å². The second-order valence-corrected chi connectivity index (χ2v) is 4.25. The molecule has 9 heteroatoms. The number of para-hydroxylation sites is 1. The van der Waals surface area contributed by atoms with Gasteiger partial charge in [-0.15, -0.1) is 5.10 Å². The summed E-state index contributed by atoms with van der Waals surface area (Å²) in [6.07, 6.45) is -3.21. The van der Waals surface area contributed by atoms with Crippen LogP contribution in [0.3, 0.4) is 0 Å². The quantitative estimate of drug-likeness (QED) is 0.799. The molecule has 118 valence electrons. The lowest BCUT2D eigenvalue weighted by Crippen LogP contribution is -2.12. The Morgan fingerprint density at radius 2 is 2.00 bits per heavy atom. The molecular formula is C13H14F3N5O. The number of hydrogen-bond donors (Lipinski definition) is 2. The van der Waals surface area contributed by atoms with Crippen LogP contribution >= 0.6 is 0 Å². The van der Waals surface area contributed by atoms with Gasteiger partial charge in [0.2, 0.25) is 5.95 Å². The van der Waals surface area contributed by atoms with Crippen LogP contribution in [0.1, 0.15) is 5.56 Å². The largest absolute Gasteiger partial charge is 0.418 e. The highest BCUT2D eigenvalue weighted by molar-refractivity contribution is 5.61. The maximum Gasteiger partial charge on any atom is 0.418 e. The first kappa shape index (κ1) is 16.0. The zero-order valence-electron chi connectivity index (χ0n) is 11.7. The van der Waals surface area contributed by atoms with Crippen LogP contribution in [0.5, 0.6) is 0 Å². The van der Waals surface area contributed by atoms with Crippen LogP contribution in [0.25, 0.3) is 0 Å². The van der Waals surface area contributed by atoms with E-state index < -0.39 is 11.7 Å². The molecule has 0 fully saturated rings. The molecule has 22 heavy (non-hydrogen) atoms. The van der Waals surface area contributed by atoms with Gasteiger partial charge < -0.3 is 15.4 Å². The second-order valence-electron chi connectivity index (χ2n) is 4.25. The molecule has 1 aromatic carbocycles. The lowest BCUT2D eigenvalue weighted by Gasteiger charge is -2.13. The van der Waals surface area contributed by atoms with Crippen molar-refractivity contribution in [2.75, 3.05) is 30.9 Å². The van der Waals surface area contributed by atoms with E-state index in [0.29, 0.717) is 13.2 Å². The molecule has 6 nitrogen and oxygen atoms in total. The predicted molar refractivity (Wildman–Crippen MR) is 74.9 cm³/mol. The molecule has 0 saturated heterocycles. The van der Waals surface area contributed by atoms with Gasteiger partial charge in [-0.1, -0.05) is 12.1 Å². The summed E-state index contributed by atoms with van der Waals surface area (Å²) in [6, 6.07) is 5.14. The van der Waals surface area contributed by atoms with E-state index in [1.807, 2.05) is 0 Å². The summed E-state index contributed by atoms with van der Waals surface area (Å²) in [6.45, 7) is 0.901. The fourth-order valence-electron chi connectivity index (χ4n) is 1.68. The van der Waals surface area contributed by atoms with E-state index in [1.165, 1.54) is 24.4 Å². The van der Waals surface area contributed by atoms with Gasteiger partial charge in [0.1, 0.15) is 0 Å². The zero-order chi connectivity index (χ0) is 16.0. The van der Waals surface area contributed by atoms with Gasteiger partial charge in [-0.05, 0) is 12.1 Å². The van der Waals surface area contributed by atoms with Gasteiger partial charge in [-0.3, -0.25) is 0 Å². The molecule has 0 radical (unpaired) electrons. The highest BCUT2D eigenvalue weighted by Crippen LogP contribution is 2.35. The Kier molecular flexibility index (Phi) is 5.10. The summed E-state index contributed by atoms with van der Waals surface area (Å²) in [5.74, 6) is 0.359. The molecule has 0 bridgehead atoms. The van der Waals surface area contributed by atoms with Gasteiger partial charge in [0.15, 0.2) is 5.82 Å². The molecule has 0 amide bonds. The number of nitrogens with zero attached hydrogens (tertiary/aromatic N) is 3. The Morgan fingerprint density at radius 3 is 2.73 bits per heavy atom. The fraction of sp³-hybridized carbons (Fsp3) is 0.308. The Labute approximate surface area is 124 Å². The molecule has 1 heterocycles. The molecule has 0 saturated carbocycles. The number of hydrogen-bond acceptors (Lipinski definition) is 6. The van der Waals surface area contributed by atoms with Crippen molar-refractivity contribution >= 4 is 17.5 Å². The van der Waals surface area contributed by atoms with Crippen molar-refractivity contribution in [1.82, 2.24) is 15.2 Å². The van der Waals surface area contributed by atoms with Gasteiger partial charge >= 0.3 is 6.18 Å². The van der Waals surface area contributed by atoms with Gasteiger partial charge in [0.25, 0.3) is 0 Å². The van der Waals surface area contributed by atoms with E-state index in [-0.39, 0.29) is 17.5 Å². The molecule has 0 aliphatic carbocycles. The Bertz CT molecular complexity index is 621. The molecule has 0 spiro atoms. The molecule has 0 aliphatic rings. The van der Waals surface area contributed by atoms with E-state index in [9.17, 15) is 13.2 Å². The van der Waals surface area contributed by atoms with Crippen LogP contribution in [-0.4, -0.2) is 35.4 Å². The van der Waals surface area contributed by atoms with Crippen molar-refractivity contribution < 1.29 is 17.9 Å². The zero-order valence-corrected chi connectivity index (χ0v) is 11.7. The van der Waals surface area contributed by atoms with Crippen LogP contribution in [0.4, 0.5) is 30.6 Å². The van der Waals surface area contributed by atoms with Gasteiger partial charge in [-0.2, -0.15) is 23.3 Å². The maximum absolute atomic E-state index is 12.9. The van der Waals surface area contributed by atoms with E-state index in [2.05, 4.69) is 25.8 Å². The van der Waals surface area contributed by atoms with Crippen molar-refractivity contribution in [2.24, 2.45) is 0 Å². The lowest BCUT2D eigenvalue weighted by atomic mass is 10.1. The second kappa shape index (κ2) is 7.03. The average Bonchev–Trinajstić information content (AvgIpc) is 2.47. The van der Waals surface area contributed by atoms with Crippen molar-refractivity contribution in [1.29, 1.82) is 0 Å². The number of methoxy groups -OCH3 is 1. The standard InChI is InChI=1S/C13H14F3N5O/c1-22-7-6-17-12-20-11(8-18-21-12)19-10-5-3-2-4-9(10)13(14,15)16/h2-5,8H,6-7H2,1H3,(H2,17,19,20,21). The number of aromatic nitrogens is 3. The van der Waals surface area contributed by atoms with E-state index in [0.717, 1.165) is 6.07 Å². The number of ether oxygens (including phenoxy) is 1. The number of benzene rings is 1. The minimum atomic E-state index is -4.45. The number of halogens is 3. The summed E-state index contributed by atoms with van der Waals surface area (Å²) in [5.41, 5.74) is -0.874. The summed E-state index contributed by atoms with van der Waals surface area (Å²) in [5, 5.41) is 12.9. The van der Waals surface area contributed by atoms with Crippen LogP contribution in [0, 0.1) is 0 Å². The smallest absolute Gasteiger partial charge is 0.383 e. The summed E-state index contributed by atoms with van der Waals surface area (Å²) < 4.78 is 43.6. The van der Waals surface area contributed by atoms with Crippen LogP contribution in [0.15, 0.2) is 30.5 Å². The third-order valence-electron chi connectivity index (χ3n) is 2.64. The minimum Gasteiger partial charge on any atom is -0.383 e. The third kappa shape index (κ3) is 4.29. The highest BCUT2D eigenvalue weighted by Gasteiger charge is 2.33. The minimum absolute atomic E-state index is 0.0988. The highest BCUT2D eigenvalue weighted by atomic mass is 19.4. The number of rotatable bonds is 6. The van der Waals surface area contributed by atoms with Crippen molar-refractivity contribution in [3.05, 3.63) is 36.0 Å². The Balaban J connectivity index is 2.16. The number of anilines is 3. The Hall–Kier alpha value is -2.42. The first-order valence-corrected chi connectivity index (χ1v) is 6.36. The average molecular weight is 313 g/mol. The normalized spacial score (nSPS) is 11.3. The fourth-order valence-corrected chi connectivity index (χ4v) is 1.68. The van der Waals surface area contributed by atoms with Crippen molar-refractivity contribution in [2.45, 2.75) is 6.18 Å². The van der Waals surface area contributed by atoms with E-state index in [1.54, 1.807) is 7.11 Å². The molecule has 2 N–H and O–H groups in total. The molecule has 0 aliphatic heterocycles. The van der Waals surface area contributed by atoms with Gasteiger partial charge in [0, 0.05) is 13.7 Å². The topological polar surface area (TPSA) is 72.0 Å². The molecule has 0 unspecified atom stereocenters. The number of nitrogens with one attached hydrogen (secondary N) is 2. The summed E-state index contributed by atoms with van der Waals surface area (Å²) >= 11 is 0. The van der Waals surface area contributed by atoms with E-state index in [4.69, 9.17) is 4.74 Å². The summed E-state index contributed by atoms with van der Waals surface area (Å²) in [4.78, 5) is 4.04. The van der Waals surface area contributed by atoms with Crippen LogP contribution in [0.2, 0.25) is 0 Å². The maximum atomic E-state index is 12.9. The molecule has 2 aromatic rings. The first-order valence-electron chi connectivity index (χ1n) is 6.36. The lowest BCUT2D eigenvalue weighted by molar-refractivity contribution is -0.136. The van der Waals surface area contributed by atoms with Crippen LogP contribution < -0.4 is 10.6 Å². The predicted octanol–water partition coefficient (Wildman–Crippen LogP) is 2.69. The van der Waals surface area contributed by atoms with Gasteiger partial charge in [0.05, 0.1) is 24.1 Å².